The Morgan fingerprint density at radius 2 is 1.74 bits per heavy atom. The summed E-state index contributed by atoms with van der Waals surface area (Å²) in [6.45, 7) is 8.00. The van der Waals surface area contributed by atoms with Gasteiger partial charge in [0, 0.05) is 23.1 Å². The maximum atomic E-state index is 11.4. The van der Waals surface area contributed by atoms with Gasteiger partial charge in [0.05, 0.1) is 0 Å². The van der Waals surface area contributed by atoms with E-state index in [2.05, 4.69) is 59.6 Å². The van der Waals surface area contributed by atoms with Gasteiger partial charge in [-0.1, -0.05) is 32.0 Å². The number of ketones is 1. The molecule has 5 nitrogen and oxygen atoms in total. The molecule has 0 spiro atoms. The lowest BCUT2D eigenvalue weighted by Gasteiger charge is -2.17. The zero-order chi connectivity index (χ0) is 19.4. The number of nitrogens with one attached hydrogen (secondary N) is 2. The summed E-state index contributed by atoms with van der Waals surface area (Å²) in [5.74, 6) is 1.68. The van der Waals surface area contributed by atoms with Crippen molar-refractivity contribution in [1.29, 1.82) is 0 Å². The SMILES string of the molecule is CC(=O)c1ccc(Nc2nccc(Nc3c(C)cccc3C(C)C)n2)cc1. The summed E-state index contributed by atoms with van der Waals surface area (Å²) in [4.78, 5) is 20.2. The fraction of sp³-hybridized carbons (Fsp3) is 0.227. The number of hydrogen-bond donors (Lipinski definition) is 2. The number of benzene rings is 2. The molecule has 3 aromatic rings. The first-order valence-corrected chi connectivity index (χ1v) is 9.01. The average molecular weight is 360 g/mol. The van der Waals surface area contributed by atoms with E-state index >= 15 is 0 Å². The van der Waals surface area contributed by atoms with Gasteiger partial charge in [0.1, 0.15) is 5.82 Å². The number of carbonyl (C=O) groups excluding carboxylic acids is 1. The lowest BCUT2D eigenvalue weighted by Crippen LogP contribution is -2.04. The van der Waals surface area contributed by atoms with E-state index in [1.54, 1.807) is 25.3 Å². The van der Waals surface area contributed by atoms with Crippen LogP contribution in [0.4, 0.5) is 23.1 Å². The minimum atomic E-state index is 0.0446. The number of para-hydroxylation sites is 1. The lowest BCUT2D eigenvalue weighted by atomic mass is 9.98. The number of Topliss-reactive ketones (excluding diaryl/α,β-unsaturated/α-hetero) is 1. The number of aromatic nitrogens is 2. The second kappa shape index (κ2) is 7.99. The van der Waals surface area contributed by atoms with Crippen LogP contribution in [0.2, 0.25) is 0 Å². The fourth-order valence-corrected chi connectivity index (χ4v) is 2.88. The van der Waals surface area contributed by atoms with Crippen molar-refractivity contribution in [1.82, 2.24) is 9.97 Å². The van der Waals surface area contributed by atoms with Crippen molar-refractivity contribution in [2.24, 2.45) is 0 Å². The van der Waals surface area contributed by atoms with Crippen molar-refractivity contribution in [3.05, 3.63) is 71.4 Å². The molecular weight excluding hydrogens is 336 g/mol. The van der Waals surface area contributed by atoms with Gasteiger partial charge in [0.2, 0.25) is 5.95 Å². The predicted octanol–water partition coefficient (Wildman–Crippen LogP) is 5.60. The third-order valence-electron chi connectivity index (χ3n) is 4.38. The summed E-state index contributed by atoms with van der Waals surface area (Å²) in [7, 11) is 0. The molecule has 2 aromatic carbocycles. The molecule has 0 radical (unpaired) electrons. The van der Waals surface area contributed by atoms with E-state index < -0.39 is 0 Å². The highest BCUT2D eigenvalue weighted by Gasteiger charge is 2.10. The Morgan fingerprint density at radius 1 is 1.00 bits per heavy atom. The molecule has 0 aliphatic rings. The highest BCUT2D eigenvalue weighted by Crippen LogP contribution is 2.29. The minimum absolute atomic E-state index is 0.0446. The average Bonchev–Trinajstić information content (AvgIpc) is 2.64. The Morgan fingerprint density at radius 3 is 2.41 bits per heavy atom. The Bertz CT molecular complexity index is 949. The van der Waals surface area contributed by atoms with Crippen LogP contribution in [0.15, 0.2) is 54.7 Å². The molecule has 2 N–H and O–H groups in total. The van der Waals surface area contributed by atoms with Crippen molar-refractivity contribution in [2.75, 3.05) is 10.6 Å². The highest BCUT2D eigenvalue weighted by molar-refractivity contribution is 5.94. The fourth-order valence-electron chi connectivity index (χ4n) is 2.88. The second-order valence-corrected chi connectivity index (χ2v) is 6.84. The standard InChI is InChI=1S/C22H24N4O/c1-14(2)19-7-5-6-15(3)21(19)25-20-12-13-23-22(26-20)24-18-10-8-17(9-11-18)16(4)27/h5-14H,1-4H3,(H2,23,24,25,26). The zero-order valence-corrected chi connectivity index (χ0v) is 16.1. The molecular formula is C22H24N4O. The van der Waals surface area contributed by atoms with Crippen molar-refractivity contribution in [3.63, 3.8) is 0 Å². The highest BCUT2D eigenvalue weighted by atomic mass is 16.1. The van der Waals surface area contributed by atoms with E-state index in [1.807, 2.05) is 18.2 Å². The summed E-state index contributed by atoms with van der Waals surface area (Å²) in [6, 6.07) is 15.4. The Balaban J connectivity index is 1.81. The molecule has 138 valence electrons. The first-order valence-electron chi connectivity index (χ1n) is 9.01. The van der Waals surface area contributed by atoms with Crippen LogP contribution in [0.1, 0.15) is 48.2 Å². The van der Waals surface area contributed by atoms with Crippen molar-refractivity contribution in [2.45, 2.75) is 33.6 Å². The van der Waals surface area contributed by atoms with Gasteiger partial charge in [-0.2, -0.15) is 4.98 Å². The molecule has 1 aromatic heterocycles. The predicted molar refractivity (Wildman–Crippen MR) is 110 cm³/mol. The van der Waals surface area contributed by atoms with E-state index in [0.29, 0.717) is 17.4 Å². The number of nitrogens with zero attached hydrogens (tertiary/aromatic N) is 2. The molecule has 0 saturated heterocycles. The number of carbonyl (C=O) groups is 1. The summed E-state index contributed by atoms with van der Waals surface area (Å²) in [6.07, 6.45) is 1.72. The van der Waals surface area contributed by atoms with Gasteiger partial charge in [-0.05, 0) is 61.2 Å². The van der Waals surface area contributed by atoms with Crippen LogP contribution in [0, 0.1) is 6.92 Å². The molecule has 0 amide bonds. The van der Waals surface area contributed by atoms with Crippen LogP contribution in [-0.4, -0.2) is 15.8 Å². The van der Waals surface area contributed by atoms with Gasteiger partial charge in [-0.15, -0.1) is 0 Å². The van der Waals surface area contributed by atoms with E-state index in [0.717, 1.165) is 17.2 Å². The molecule has 0 aliphatic carbocycles. The van der Waals surface area contributed by atoms with Crippen LogP contribution in [0.5, 0.6) is 0 Å². The van der Waals surface area contributed by atoms with Gasteiger partial charge in [-0.25, -0.2) is 4.98 Å². The zero-order valence-electron chi connectivity index (χ0n) is 16.1. The van der Waals surface area contributed by atoms with E-state index in [9.17, 15) is 4.79 Å². The van der Waals surface area contributed by atoms with E-state index in [4.69, 9.17) is 0 Å². The quantitative estimate of drug-likeness (QED) is 0.560. The second-order valence-electron chi connectivity index (χ2n) is 6.84. The van der Waals surface area contributed by atoms with Crippen molar-refractivity contribution >= 4 is 28.9 Å². The number of hydrogen-bond acceptors (Lipinski definition) is 5. The maximum Gasteiger partial charge on any atom is 0.229 e. The molecule has 5 heteroatoms. The summed E-state index contributed by atoms with van der Waals surface area (Å²) in [5, 5.41) is 6.61. The Labute approximate surface area is 159 Å². The van der Waals surface area contributed by atoms with Crippen LogP contribution < -0.4 is 10.6 Å². The summed E-state index contributed by atoms with van der Waals surface area (Å²) < 4.78 is 0. The molecule has 0 unspecified atom stereocenters. The van der Waals surface area contributed by atoms with E-state index in [-0.39, 0.29) is 5.78 Å². The van der Waals surface area contributed by atoms with Crippen LogP contribution in [0.3, 0.4) is 0 Å². The minimum Gasteiger partial charge on any atom is -0.340 e. The van der Waals surface area contributed by atoms with Crippen LogP contribution in [-0.2, 0) is 0 Å². The maximum absolute atomic E-state index is 11.4. The van der Waals surface area contributed by atoms with Gasteiger partial charge < -0.3 is 10.6 Å². The van der Waals surface area contributed by atoms with Crippen molar-refractivity contribution < 1.29 is 4.79 Å². The Hall–Kier alpha value is -3.21. The van der Waals surface area contributed by atoms with Crippen LogP contribution in [0.25, 0.3) is 0 Å². The van der Waals surface area contributed by atoms with Gasteiger partial charge in [0.25, 0.3) is 0 Å². The van der Waals surface area contributed by atoms with Gasteiger partial charge in [-0.3, -0.25) is 4.79 Å². The van der Waals surface area contributed by atoms with Gasteiger partial charge >= 0.3 is 0 Å². The molecule has 0 saturated carbocycles. The lowest BCUT2D eigenvalue weighted by molar-refractivity contribution is 0.101. The first kappa shape index (κ1) is 18.6. The summed E-state index contributed by atoms with van der Waals surface area (Å²) in [5.41, 5.74) is 5.02. The first-order chi connectivity index (χ1) is 12.9. The normalized spacial score (nSPS) is 10.7. The largest absolute Gasteiger partial charge is 0.340 e. The van der Waals surface area contributed by atoms with Crippen molar-refractivity contribution in [3.8, 4) is 0 Å². The Kier molecular flexibility index (Phi) is 5.50. The number of aryl methyl sites for hydroxylation is 1. The van der Waals surface area contributed by atoms with Crippen LogP contribution >= 0.6 is 0 Å². The van der Waals surface area contributed by atoms with E-state index in [1.165, 1.54) is 11.1 Å². The summed E-state index contributed by atoms with van der Waals surface area (Å²) >= 11 is 0. The third-order valence-corrected chi connectivity index (χ3v) is 4.38. The molecule has 0 fully saturated rings. The number of anilines is 4. The molecule has 0 bridgehead atoms. The molecule has 1 heterocycles. The van der Waals surface area contributed by atoms with Gasteiger partial charge in [0.15, 0.2) is 5.78 Å². The molecule has 3 rings (SSSR count). The molecule has 0 atom stereocenters. The third kappa shape index (κ3) is 4.50. The monoisotopic (exact) mass is 360 g/mol. The molecule has 27 heavy (non-hydrogen) atoms. The number of rotatable bonds is 6. The molecule has 0 aliphatic heterocycles. The topological polar surface area (TPSA) is 66.9 Å². The smallest absolute Gasteiger partial charge is 0.229 e.